The summed E-state index contributed by atoms with van der Waals surface area (Å²) in [7, 11) is 0. The number of nitrogens with one attached hydrogen (secondary N) is 1. The molecule has 2 aromatic heterocycles. The van der Waals surface area contributed by atoms with Gasteiger partial charge in [-0.2, -0.15) is 0 Å². The minimum atomic E-state index is -0.210. The second-order valence-electron chi connectivity index (χ2n) is 5.19. The molecule has 0 spiro atoms. The lowest BCUT2D eigenvalue weighted by Crippen LogP contribution is -2.24. The Morgan fingerprint density at radius 3 is 3.05 bits per heavy atom. The van der Waals surface area contributed by atoms with E-state index in [0.29, 0.717) is 12.5 Å². The number of amides is 1. The van der Waals surface area contributed by atoms with Gasteiger partial charge in [-0.25, -0.2) is 4.98 Å². The van der Waals surface area contributed by atoms with Crippen molar-refractivity contribution in [1.29, 1.82) is 0 Å². The van der Waals surface area contributed by atoms with E-state index in [1.807, 2.05) is 10.8 Å². The standard InChI is InChI=1S/C14H20N4O2/c1-11(2)8-12-9-13(20-17-12)14(19)16-4-3-6-18-7-5-15-10-18/h5,7,9-11H,3-4,6,8H2,1-2H3,(H,16,19). The van der Waals surface area contributed by atoms with E-state index in [9.17, 15) is 4.79 Å². The van der Waals surface area contributed by atoms with Crippen LogP contribution >= 0.6 is 0 Å². The van der Waals surface area contributed by atoms with Crippen LogP contribution in [-0.2, 0) is 13.0 Å². The van der Waals surface area contributed by atoms with Crippen molar-refractivity contribution in [3.8, 4) is 0 Å². The van der Waals surface area contributed by atoms with E-state index < -0.39 is 0 Å². The lowest BCUT2D eigenvalue weighted by molar-refractivity contribution is 0.0915. The molecule has 1 amide bonds. The molecule has 6 nitrogen and oxygen atoms in total. The zero-order valence-corrected chi connectivity index (χ0v) is 11.9. The molecule has 0 aliphatic heterocycles. The summed E-state index contributed by atoms with van der Waals surface area (Å²) in [5.74, 6) is 0.563. The maximum Gasteiger partial charge on any atom is 0.289 e. The van der Waals surface area contributed by atoms with Gasteiger partial charge in [0.1, 0.15) is 0 Å². The van der Waals surface area contributed by atoms with E-state index in [0.717, 1.165) is 25.1 Å². The van der Waals surface area contributed by atoms with Gasteiger partial charge in [0.2, 0.25) is 5.76 Å². The Bertz CT molecular complexity index is 531. The first kappa shape index (κ1) is 14.3. The Morgan fingerprint density at radius 2 is 2.35 bits per heavy atom. The molecule has 1 N–H and O–H groups in total. The summed E-state index contributed by atoms with van der Waals surface area (Å²) < 4.78 is 7.03. The fraction of sp³-hybridized carbons (Fsp3) is 0.500. The van der Waals surface area contributed by atoms with Gasteiger partial charge in [0.25, 0.3) is 5.91 Å². The van der Waals surface area contributed by atoms with E-state index in [1.54, 1.807) is 18.6 Å². The predicted octanol–water partition coefficient (Wildman–Crippen LogP) is 1.89. The van der Waals surface area contributed by atoms with Crippen LogP contribution in [0.5, 0.6) is 0 Å². The number of rotatable bonds is 7. The van der Waals surface area contributed by atoms with Gasteiger partial charge in [-0.3, -0.25) is 4.79 Å². The van der Waals surface area contributed by atoms with E-state index in [4.69, 9.17) is 4.52 Å². The molecule has 20 heavy (non-hydrogen) atoms. The minimum absolute atomic E-state index is 0.210. The molecule has 108 valence electrons. The largest absolute Gasteiger partial charge is 0.351 e. The lowest BCUT2D eigenvalue weighted by atomic mass is 10.1. The van der Waals surface area contributed by atoms with Crippen LogP contribution in [-0.4, -0.2) is 27.2 Å². The highest BCUT2D eigenvalue weighted by molar-refractivity contribution is 5.91. The second-order valence-corrected chi connectivity index (χ2v) is 5.19. The Morgan fingerprint density at radius 1 is 1.50 bits per heavy atom. The smallest absolute Gasteiger partial charge is 0.289 e. The zero-order valence-electron chi connectivity index (χ0n) is 11.9. The molecular formula is C14H20N4O2. The summed E-state index contributed by atoms with van der Waals surface area (Å²) in [5, 5.41) is 6.72. The van der Waals surface area contributed by atoms with E-state index in [2.05, 4.69) is 29.3 Å². The van der Waals surface area contributed by atoms with E-state index >= 15 is 0 Å². The zero-order chi connectivity index (χ0) is 14.4. The molecule has 0 aromatic carbocycles. The van der Waals surface area contributed by atoms with Gasteiger partial charge in [0, 0.05) is 31.5 Å². The molecule has 2 heterocycles. The summed E-state index contributed by atoms with van der Waals surface area (Å²) in [5.41, 5.74) is 0.823. The fourth-order valence-electron chi connectivity index (χ4n) is 1.90. The second kappa shape index (κ2) is 6.88. The number of aryl methyl sites for hydroxylation is 1. The number of carbonyl (C=O) groups excluding carboxylic acids is 1. The van der Waals surface area contributed by atoms with Crippen LogP contribution in [0.3, 0.4) is 0 Å². The first-order valence-corrected chi connectivity index (χ1v) is 6.84. The third-order valence-electron chi connectivity index (χ3n) is 2.84. The van der Waals surface area contributed by atoms with Gasteiger partial charge < -0.3 is 14.4 Å². The molecule has 2 aromatic rings. The Balaban J connectivity index is 1.72. The van der Waals surface area contributed by atoms with Gasteiger partial charge in [-0.15, -0.1) is 0 Å². The Kier molecular flexibility index (Phi) is 4.92. The molecule has 0 saturated carbocycles. The monoisotopic (exact) mass is 276 g/mol. The third kappa shape index (κ3) is 4.22. The van der Waals surface area contributed by atoms with Gasteiger partial charge in [0.05, 0.1) is 12.0 Å². The maximum absolute atomic E-state index is 11.8. The molecule has 0 fully saturated rings. The number of imidazole rings is 1. The maximum atomic E-state index is 11.8. The number of nitrogens with zero attached hydrogens (tertiary/aromatic N) is 3. The van der Waals surface area contributed by atoms with Crippen molar-refractivity contribution in [2.45, 2.75) is 33.2 Å². The fourth-order valence-corrected chi connectivity index (χ4v) is 1.90. The number of hydrogen-bond donors (Lipinski definition) is 1. The number of aromatic nitrogens is 3. The quantitative estimate of drug-likeness (QED) is 0.784. The van der Waals surface area contributed by atoms with E-state index in [1.165, 1.54) is 0 Å². The average molecular weight is 276 g/mol. The molecule has 0 aliphatic carbocycles. The van der Waals surface area contributed by atoms with Crippen molar-refractivity contribution in [3.05, 3.63) is 36.2 Å². The van der Waals surface area contributed by atoms with Crippen LogP contribution in [0.25, 0.3) is 0 Å². The summed E-state index contributed by atoms with van der Waals surface area (Å²) in [6.45, 7) is 5.63. The summed E-state index contributed by atoms with van der Waals surface area (Å²) in [6.07, 6.45) is 7.06. The van der Waals surface area contributed by atoms with Crippen LogP contribution in [0, 0.1) is 5.92 Å². The van der Waals surface area contributed by atoms with Crippen LogP contribution in [0.15, 0.2) is 29.3 Å². The number of carbonyl (C=O) groups is 1. The van der Waals surface area contributed by atoms with Crippen molar-refractivity contribution in [3.63, 3.8) is 0 Å². The van der Waals surface area contributed by atoms with E-state index in [-0.39, 0.29) is 11.7 Å². The molecule has 0 bridgehead atoms. The van der Waals surface area contributed by atoms with Crippen molar-refractivity contribution < 1.29 is 9.32 Å². The van der Waals surface area contributed by atoms with Crippen molar-refractivity contribution >= 4 is 5.91 Å². The lowest BCUT2D eigenvalue weighted by Gasteiger charge is -2.03. The van der Waals surface area contributed by atoms with Crippen LogP contribution in [0.2, 0.25) is 0 Å². The summed E-state index contributed by atoms with van der Waals surface area (Å²) >= 11 is 0. The first-order chi connectivity index (χ1) is 9.65. The SMILES string of the molecule is CC(C)Cc1cc(C(=O)NCCCn2ccnc2)on1. The molecule has 0 unspecified atom stereocenters. The van der Waals surface area contributed by atoms with Crippen LogP contribution < -0.4 is 5.32 Å². The summed E-state index contributed by atoms with van der Waals surface area (Å²) in [4.78, 5) is 15.8. The Labute approximate surface area is 118 Å². The Hall–Kier alpha value is -2.11. The predicted molar refractivity (Wildman–Crippen MR) is 74.2 cm³/mol. The van der Waals surface area contributed by atoms with Gasteiger partial charge in [-0.1, -0.05) is 19.0 Å². The van der Waals surface area contributed by atoms with Crippen molar-refractivity contribution in [2.24, 2.45) is 5.92 Å². The molecule has 0 saturated heterocycles. The summed E-state index contributed by atoms with van der Waals surface area (Å²) in [6, 6.07) is 1.71. The van der Waals surface area contributed by atoms with Gasteiger partial charge in [-0.05, 0) is 18.8 Å². The highest BCUT2D eigenvalue weighted by atomic mass is 16.5. The van der Waals surface area contributed by atoms with Gasteiger partial charge in [0.15, 0.2) is 0 Å². The molecule has 2 rings (SSSR count). The average Bonchev–Trinajstić information content (AvgIpc) is 3.04. The van der Waals surface area contributed by atoms with Crippen LogP contribution in [0.1, 0.15) is 36.5 Å². The normalized spacial score (nSPS) is 10.9. The molecule has 6 heteroatoms. The highest BCUT2D eigenvalue weighted by Crippen LogP contribution is 2.09. The third-order valence-corrected chi connectivity index (χ3v) is 2.84. The number of hydrogen-bond acceptors (Lipinski definition) is 4. The molecular weight excluding hydrogens is 256 g/mol. The minimum Gasteiger partial charge on any atom is -0.351 e. The van der Waals surface area contributed by atoms with Crippen LogP contribution in [0.4, 0.5) is 0 Å². The van der Waals surface area contributed by atoms with Gasteiger partial charge >= 0.3 is 0 Å². The first-order valence-electron chi connectivity index (χ1n) is 6.84. The highest BCUT2D eigenvalue weighted by Gasteiger charge is 2.12. The molecule has 0 atom stereocenters. The molecule has 0 radical (unpaired) electrons. The molecule has 0 aliphatic rings. The topological polar surface area (TPSA) is 73.0 Å². The van der Waals surface area contributed by atoms with Crippen molar-refractivity contribution in [1.82, 2.24) is 20.0 Å². The van der Waals surface area contributed by atoms with Crippen molar-refractivity contribution in [2.75, 3.05) is 6.54 Å².